The summed E-state index contributed by atoms with van der Waals surface area (Å²) in [7, 11) is -0.791. The highest BCUT2D eigenvalue weighted by Gasteiger charge is 2.21. The molecule has 0 atom stereocenters. The number of benzene rings is 2. The Kier molecular flexibility index (Phi) is 5.10. The van der Waals surface area contributed by atoms with Gasteiger partial charge in [-0.3, -0.25) is 13.9 Å². The SMILES string of the molecule is CN(C=O)c1coc2cc(N(C)S(C)(=O)=O)c(Oc3ccccc3)cc2c1=O. The maximum atomic E-state index is 12.8. The molecule has 0 saturated carbocycles. The van der Waals surface area contributed by atoms with Gasteiger partial charge in [0.1, 0.15) is 23.3 Å². The molecule has 1 aromatic heterocycles. The minimum absolute atomic E-state index is 0.0531. The molecule has 9 heteroatoms. The van der Waals surface area contributed by atoms with Gasteiger partial charge in [0, 0.05) is 20.2 Å². The molecule has 0 aliphatic rings. The van der Waals surface area contributed by atoms with E-state index >= 15 is 0 Å². The third-order valence-electron chi connectivity index (χ3n) is 4.18. The largest absolute Gasteiger partial charge is 0.462 e. The lowest BCUT2D eigenvalue weighted by atomic mass is 10.1. The monoisotopic (exact) mass is 402 g/mol. The molecule has 1 amide bonds. The zero-order chi connectivity index (χ0) is 20.5. The van der Waals surface area contributed by atoms with Gasteiger partial charge in [-0.1, -0.05) is 18.2 Å². The molecule has 0 fully saturated rings. The number of hydrogen-bond acceptors (Lipinski definition) is 6. The van der Waals surface area contributed by atoms with E-state index in [1.54, 1.807) is 24.3 Å². The van der Waals surface area contributed by atoms with Gasteiger partial charge in [-0.05, 0) is 18.2 Å². The Balaban J connectivity index is 2.26. The predicted octanol–water partition coefficient (Wildman–Crippen LogP) is 2.57. The Morgan fingerprint density at radius 3 is 2.36 bits per heavy atom. The van der Waals surface area contributed by atoms with E-state index in [2.05, 4.69) is 0 Å². The van der Waals surface area contributed by atoms with Gasteiger partial charge in [0.15, 0.2) is 5.75 Å². The van der Waals surface area contributed by atoms with Crippen LogP contribution in [0.3, 0.4) is 0 Å². The van der Waals surface area contributed by atoms with Crippen LogP contribution in [-0.2, 0) is 14.8 Å². The second kappa shape index (κ2) is 7.35. The molecule has 0 unspecified atom stereocenters. The third-order valence-corrected chi connectivity index (χ3v) is 5.37. The highest BCUT2D eigenvalue weighted by Crippen LogP contribution is 2.36. The van der Waals surface area contributed by atoms with E-state index in [0.717, 1.165) is 21.7 Å². The molecule has 0 N–H and O–H groups in total. The van der Waals surface area contributed by atoms with Crippen molar-refractivity contribution in [2.24, 2.45) is 0 Å². The highest BCUT2D eigenvalue weighted by molar-refractivity contribution is 7.92. The van der Waals surface area contributed by atoms with Crippen molar-refractivity contribution in [3.63, 3.8) is 0 Å². The van der Waals surface area contributed by atoms with Crippen LogP contribution in [0.1, 0.15) is 0 Å². The van der Waals surface area contributed by atoms with Crippen molar-refractivity contribution in [3.8, 4) is 11.5 Å². The molecular formula is C19H18N2O6S. The molecule has 1 heterocycles. The van der Waals surface area contributed by atoms with E-state index in [4.69, 9.17) is 9.15 Å². The van der Waals surface area contributed by atoms with E-state index in [1.807, 2.05) is 6.07 Å². The first-order valence-electron chi connectivity index (χ1n) is 8.17. The van der Waals surface area contributed by atoms with Crippen LogP contribution in [0.5, 0.6) is 11.5 Å². The van der Waals surface area contributed by atoms with Gasteiger partial charge < -0.3 is 14.1 Å². The summed E-state index contributed by atoms with van der Waals surface area (Å²) in [5, 5.41) is 0.155. The first kappa shape index (κ1) is 19.4. The lowest BCUT2D eigenvalue weighted by Crippen LogP contribution is -2.25. The predicted molar refractivity (Wildman–Crippen MR) is 107 cm³/mol. The van der Waals surface area contributed by atoms with Crippen molar-refractivity contribution in [2.45, 2.75) is 0 Å². The minimum Gasteiger partial charge on any atom is -0.462 e. The summed E-state index contributed by atoms with van der Waals surface area (Å²) in [6.07, 6.45) is 2.70. The zero-order valence-electron chi connectivity index (χ0n) is 15.4. The van der Waals surface area contributed by atoms with Gasteiger partial charge in [0.05, 0.1) is 17.3 Å². The van der Waals surface area contributed by atoms with E-state index < -0.39 is 15.5 Å². The van der Waals surface area contributed by atoms with Gasteiger partial charge >= 0.3 is 0 Å². The molecule has 0 aliphatic carbocycles. The maximum Gasteiger partial charge on any atom is 0.232 e. The minimum atomic E-state index is -3.60. The standard InChI is InChI=1S/C19H18N2O6S/c1-20(12-22)16-11-26-17-10-15(21(2)28(3,24)25)18(9-14(17)19(16)23)27-13-7-5-4-6-8-13/h4-12H,1-3H3. The Hall–Kier alpha value is -3.33. The number of ether oxygens (including phenoxy) is 1. The number of carbonyl (C=O) groups is 1. The molecule has 0 saturated heterocycles. The van der Waals surface area contributed by atoms with Crippen molar-refractivity contribution in [1.82, 2.24) is 0 Å². The summed E-state index contributed by atoms with van der Waals surface area (Å²) in [5.74, 6) is 0.625. The molecule has 28 heavy (non-hydrogen) atoms. The number of nitrogens with zero attached hydrogens (tertiary/aromatic N) is 2. The average molecular weight is 402 g/mol. The lowest BCUT2D eigenvalue weighted by molar-refractivity contribution is -0.107. The number of rotatable bonds is 6. The van der Waals surface area contributed by atoms with Crippen LogP contribution in [0.4, 0.5) is 11.4 Å². The Labute approximate surface area is 161 Å². The average Bonchev–Trinajstić information content (AvgIpc) is 2.67. The molecule has 0 bridgehead atoms. The molecule has 2 aromatic carbocycles. The van der Waals surface area contributed by atoms with Gasteiger partial charge in [-0.15, -0.1) is 0 Å². The van der Waals surface area contributed by atoms with Crippen molar-refractivity contribution in [2.75, 3.05) is 29.6 Å². The summed E-state index contributed by atoms with van der Waals surface area (Å²) < 4.78 is 36.5. The van der Waals surface area contributed by atoms with Crippen LogP contribution in [-0.4, -0.2) is 35.2 Å². The molecule has 0 spiro atoms. The van der Waals surface area contributed by atoms with Crippen molar-refractivity contribution in [3.05, 3.63) is 59.0 Å². The Morgan fingerprint density at radius 1 is 1.07 bits per heavy atom. The number of amides is 1. The summed E-state index contributed by atoms with van der Waals surface area (Å²) in [6.45, 7) is 0. The maximum absolute atomic E-state index is 12.8. The highest BCUT2D eigenvalue weighted by atomic mass is 32.2. The van der Waals surface area contributed by atoms with E-state index in [0.29, 0.717) is 12.2 Å². The number of sulfonamides is 1. The third kappa shape index (κ3) is 3.70. The van der Waals surface area contributed by atoms with E-state index in [-0.39, 0.29) is 28.1 Å². The summed E-state index contributed by atoms with van der Waals surface area (Å²) in [6, 6.07) is 11.6. The fourth-order valence-corrected chi connectivity index (χ4v) is 3.06. The van der Waals surface area contributed by atoms with Crippen LogP contribution >= 0.6 is 0 Å². The first-order chi connectivity index (χ1) is 13.2. The van der Waals surface area contributed by atoms with Crippen LogP contribution in [0.25, 0.3) is 11.0 Å². The second-order valence-electron chi connectivity index (χ2n) is 6.13. The lowest BCUT2D eigenvalue weighted by Gasteiger charge is -2.21. The quantitative estimate of drug-likeness (QED) is 0.588. The molecule has 0 aliphatic heterocycles. The topological polar surface area (TPSA) is 97.1 Å². The molecule has 8 nitrogen and oxygen atoms in total. The van der Waals surface area contributed by atoms with Crippen LogP contribution < -0.4 is 19.4 Å². The number of hydrogen-bond donors (Lipinski definition) is 0. The number of fused-ring (bicyclic) bond motifs is 1. The van der Waals surface area contributed by atoms with Crippen molar-refractivity contribution in [1.29, 1.82) is 0 Å². The normalized spacial score (nSPS) is 11.2. The van der Waals surface area contributed by atoms with Gasteiger partial charge in [0.25, 0.3) is 0 Å². The fraction of sp³-hybridized carbons (Fsp3) is 0.158. The van der Waals surface area contributed by atoms with Gasteiger partial charge in [0.2, 0.25) is 21.9 Å². The second-order valence-corrected chi connectivity index (χ2v) is 8.14. The zero-order valence-corrected chi connectivity index (χ0v) is 16.3. The number of carbonyl (C=O) groups excluding carboxylic acids is 1. The fourth-order valence-electron chi connectivity index (χ4n) is 2.56. The Morgan fingerprint density at radius 2 is 1.75 bits per heavy atom. The molecule has 146 valence electrons. The first-order valence-corrected chi connectivity index (χ1v) is 10.0. The molecule has 0 radical (unpaired) electrons. The molecular weight excluding hydrogens is 384 g/mol. The van der Waals surface area contributed by atoms with Crippen LogP contribution in [0.2, 0.25) is 0 Å². The smallest absolute Gasteiger partial charge is 0.232 e. The van der Waals surface area contributed by atoms with E-state index in [9.17, 15) is 18.0 Å². The van der Waals surface area contributed by atoms with Gasteiger partial charge in [-0.2, -0.15) is 0 Å². The number of anilines is 2. The van der Waals surface area contributed by atoms with Gasteiger partial charge in [-0.25, -0.2) is 8.42 Å². The Bertz CT molecular complexity index is 1190. The summed E-state index contributed by atoms with van der Waals surface area (Å²) >= 11 is 0. The van der Waals surface area contributed by atoms with Crippen molar-refractivity contribution < 1.29 is 22.4 Å². The van der Waals surface area contributed by atoms with Crippen LogP contribution in [0.15, 0.2) is 57.9 Å². The molecule has 3 rings (SSSR count). The summed E-state index contributed by atoms with van der Waals surface area (Å²) in [4.78, 5) is 24.9. The number of para-hydroxylation sites is 1. The van der Waals surface area contributed by atoms with Crippen LogP contribution in [0, 0.1) is 0 Å². The van der Waals surface area contributed by atoms with E-state index in [1.165, 1.54) is 26.2 Å². The molecule has 3 aromatic rings. The van der Waals surface area contributed by atoms with Crippen molar-refractivity contribution >= 4 is 38.8 Å². The summed E-state index contributed by atoms with van der Waals surface area (Å²) in [5.41, 5.74) is -0.0165.